The molecule has 0 bridgehead atoms. The van der Waals surface area contributed by atoms with Crippen molar-refractivity contribution in [3.8, 4) is 0 Å². The molecule has 5 nitrogen and oxygen atoms in total. The maximum Gasteiger partial charge on any atom is 0.271 e. The van der Waals surface area contributed by atoms with Crippen LogP contribution in [0.1, 0.15) is 43.0 Å². The Balaban J connectivity index is 2.18. The molecule has 0 saturated heterocycles. The second-order valence-electron chi connectivity index (χ2n) is 5.30. The number of rotatable bonds is 6. The van der Waals surface area contributed by atoms with Gasteiger partial charge in [0.1, 0.15) is 0 Å². The Kier molecular flexibility index (Phi) is 5.06. The van der Waals surface area contributed by atoms with E-state index >= 15 is 0 Å². The number of nitro groups is 1. The minimum absolute atomic E-state index is 0.00579. The second-order valence-corrected chi connectivity index (χ2v) is 6.09. The summed E-state index contributed by atoms with van der Waals surface area (Å²) in [5.41, 5.74) is -0.199. The highest BCUT2D eigenvalue weighted by atomic mass is 35.5. The van der Waals surface area contributed by atoms with Crippen LogP contribution >= 0.6 is 23.2 Å². The molecular formula is C14H16Cl2N2O3. The van der Waals surface area contributed by atoms with Crippen LogP contribution < -0.4 is 5.32 Å². The maximum atomic E-state index is 12.3. The molecule has 1 saturated carbocycles. The van der Waals surface area contributed by atoms with Crippen LogP contribution in [0.2, 0.25) is 10.0 Å². The fourth-order valence-corrected chi connectivity index (χ4v) is 2.60. The van der Waals surface area contributed by atoms with Crippen LogP contribution in [0.15, 0.2) is 12.1 Å². The van der Waals surface area contributed by atoms with Gasteiger partial charge in [0, 0.05) is 18.2 Å². The summed E-state index contributed by atoms with van der Waals surface area (Å²) in [6.07, 6.45) is 4.15. The molecule has 1 N–H and O–H groups in total. The van der Waals surface area contributed by atoms with Gasteiger partial charge in [-0.15, -0.1) is 0 Å². The lowest BCUT2D eigenvalue weighted by molar-refractivity contribution is -0.384. The van der Waals surface area contributed by atoms with E-state index in [1.165, 1.54) is 12.8 Å². The van der Waals surface area contributed by atoms with Gasteiger partial charge in [0.15, 0.2) is 0 Å². The first-order valence-electron chi connectivity index (χ1n) is 6.86. The van der Waals surface area contributed by atoms with Crippen molar-refractivity contribution in [2.45, 2.75) is 38.6 Å². The summed E-state index contributed by atoms with van der Waals surface area (Å²) in [6.45, 7) is 2.00. The number of carbonyl (C=O) groups excluding carboxylic acids is 1. The normalized spacial score (nSPS) is 15.6. The summed E-state index contributed by atoms with van der Waals surface area (Å²) in [5, 5.41) is 13.8. The largest absolute Gasteiger partial charge is 0.349 e. The summed E-state index contributed by atoms with van der Waals surface area (Å²) in [5.74, 6) is 0.262. The molecule has 0 radical (unpaired) electrons. The van der Waals surface area contributed by atoms with Crippen molar-refractivity contribution >= 4 is 34.8 Å². The summed E-state index contributed by atoms with van der Waals surface area (Å²) in [6, 6.07) is 2.36. The van der Waals surface area contributed by atoms with Crippen molar-refractivity contribution in [2.75, 3.05) is 0 Å². The maximum absolute atomic E-state index is 12.3. The monoisotopic (exact) mass is 330 g/mol. The zero-order valence-corrected chi connectivity index (χ0v) is 13.1. The molecule has 7 heteroatoms. The van der Waals surface area contributed by atoms with Crippen LogP contribution in [0.4, 0.5) is 5.69 Å². The van der Waals surface area contributed by atoms with Gasteiger partial charge in [-0.05, 0) is 18.8 Å². The zero-order valence-electron chi connectivity index (χ0n) is 11.6. The molecule has 1 atom stereocenters. The Hall–Kier alpha value is -1.33. The quantitative estimate of drug-likeness (QED) is 0.627. The van der Waals surface area contributed by atoms with Crippen LogP contribution in [0.3, 0.4) is 0 Å². The Morgan fingerprint density at radius 2 is 2.14 bits per heavy atom. The van der Waals surface area contributed by atoms with Gasteiger partial charge in [0.25, 0.3) is 11.6 Å². The minimum Gasteiger partial charge on any atom is -0.349 e. The van der Waals surface area contributed by atoms with Crippen LogP contribution in [-0.4, -0.2) is 16.9 Å². The van der Waals surface area contributed by atoms with E-state index in [0.29, 0.717) is 5.92 Å². The molecule has 2 rings (SSSR count). The second kappa shape index (κ2) is 6.62. The first-order chi connectivity index (χ1) is 9.92. The zero-order chi connectivity index (χ0) is 15.6. The van der Waals surface area contributed by atoms with Crippen LogP contribution in [0, 0.1) is 16.0 Å². The smallest absolute Gasteiger partial charge is 0.271 e. The highest BCUT2D eigenvalue weighted by Crippen LogP contribution is 2.34. The number of hydrogen-bond acceptors (Lipinski definition) is 3. The SMILES string of the molecule is CCC(CC1CC1)NC(=O)c1cc([N+](=O)[O-])cc(Cl)c1Cl. The molecule has 1 fully saturated rings. The van der Waals surface area contributed by atoms with Crippen LogP contribution in [-0.2, 0) is 0 Å². The van der Waals surface area contributed by atoms with E-state index in [1.807, 2.05) is 6.92 Å². The molecule has 1 unspecified atom stereocenters. The number of amides is 1. The van der Waals surface area contributed by atoms with Crippen molar-refractivity contribution in [3.05, 3.63) is 37.9 Å². The number of nitro benzene ring substituents is 1. The molecule has 1 aliphatic carbocycles. The van der Waals surface area contributed by atoms with Crippen molar-refractivity contribution < 1.29 is 9.72 Å². The predicted molar refractivity (Wildman–Crippen MR) is 82.0 cm³/mol. The van der Waals surface area contributed by atoms with Crippen molar-refractivity contribution in [1.82, 2.24) is 5.32 Å². The average molecular weight is 331 g/mol. The van der Waals surface area contributed by atoms with E-state index in [9.17, 15) is 14.9 Å². The topological polar surface area (TPSA) is 72.2 Å². The highest BCUT2D eigenvalue weighted by molar-refractivity contribution is 6.44. The lowest BCUT2D eigenvalue weighted by Crippen LogP contribution is -2.35. The number of non-ortho nitro benzene ring substituents is 1. The lowest BCUT2D eigenvalue weighted by atomic mass is 10.1. The molecule has 0 spiro atoms. The number of halogens is 2. The molecule has 0 aliphatic heterocycles. The highest BCUT2D eigenvalue weighted by Gasteiger charge is 2.27. The summed E-state index contributed by atoms with van der Waals surface area (Å²) < 4.78 is 0. The predicted octanol–water partition coefficient (Wildman–Crippen LogP) is 4.21. The molecule has 0 aromatic heterocycles. The van der Waals surface area contributed by atoms with Crippen molar-refractivity contribution in [3.63, 3.8) is 0 Å². The van der Waals surface area contributed by atoms with E-state index < -0.39 is 10.8 Å². The van der Waals surface area contributed by atoms with Gasteiger partial charge in [-0.3, -0.25) is 14.9 Å². The lowest BCUT2D eigenvalue weighted by Gasteiger charge is -2.17. The van der Waals surface area contributed by atoms with Gasteiger partial charge in [0.05, 0.1) is 20.5 Å². The van der Waals surface area contributed by atoms with Gasteiger partial charge in [0.2, 0.25) is 0 Å². The van der Waals surface area contributed by atoms with Gasteiger partial charge < -0.3 is 5.32 Å². The van der Waals surface area contributed by atoms with Gasteiger partial charge in [-0.1, -0.05) is 43.0 Å². The van der Waals surface area contributed by atoms with Gasteiger partial charge >= 0.3 is 0 Å². The molecule has 1 amide bonds. The first-order valence-corrected chi connectivity index (χ1v) is 7.62. The van der Waals surface area contributed by atoms with E-state index in [-0.39, 0.29) is 27.3 Å². The molecule has 0 heterocycles. The summed E-state index contributed by atoms with van der Waals surface area (Å²) in [4.78, 5) is 22.5. The van der Waals surface area contributed by atoms with Crippen LogP contribution in [0.5, 0.6) is 0 Å². The molecule has 21 heavy (non-hydrogen) atoms. The number of benzene rings is 1. The number of hydrogen-bond donors (Lipinski definition) is 1. The summed E-state index contributed by atoms with van der Waals surface area (Å²) in [7, 11) is 0. The van der Waals surface area contributed by atoms with Crippen LogP contribution in [0.25, 0.3) is 0 Å². The van der Waals surface area contributed by atoms with E-state index in [4.69, 9.17) is 23.2 Å². The Morgan fingerprint density at radius 1 is 1.48 bits per heavy atom. The fourth-order valence-electron chi connectivity index (χ4n) is 2.19. The van der Waals surface area contributed by atoms with Gasteiger partial charge in [-0.25, -0.2) is 0 Å². The average Bonchev–Trinajstić information content (AvgIpc) is 3.24. The Labute approximate surface area is 132 Å². The summed E-state index contributed by atoms with van der Waals surface area (Å²) >= 11 is 11.8. The Bertz CT molecular complexity index is 574. The van der Waals surface area contributed by atoms with Crippen molar-refractivity contribution in [2.24, 2.45) is 5.92 Å². The molecule has 1 aliphatic rings. The number of carbonyl (C=O) groups is 1. The van der Waals surface area contributed by atoms with Gasteiger partial charge in [-0.2, -0.15) is 0 Å². The molecular weight excluding hydrogens is 315 g/mol. The standard InChI is InChI=1S/C14H16Cl2N2O3/c1-2-9(5-8-3-4-8)17-14(19)11-6-10(18(20)21)7-12(15)13(11)16/h6-9H,2-5H2,1H3,(H,17,19). The van der Waals surface area contributed by atoms with E-state index in [0.717, 1.165) is 25.0 Å². The van der Waals surface area contributed by atoms with E-state index in [1.54, 1.807) is 0 Å². The third-order valence-corrected chi connectivity index (χ3v) is 4.41. The third-order valence-electron chi connectivity index (χ3n) is 3.61. The molecule has 1 aromatic rings. The van der Waals surface area contributed by atoms with E-state index in [2.05, 4.69) is 5.32 Å². The number of nitrogens with zero attached hydrogens (tertiary/aromatic N) is 1. The Morgan fingerprint density at radius 3 is 2.67 bits per heavy atom. The molecule has 114 valence electrons. The number of nitrogens with one attached hydrogen (secondary N) is 1. The third kappa shape index (κ3) is 4.08. The first kappa shape index (κ1) is 16.0. The molecule has 1 aromatic carbocycles. The minimum atomic E-state index is -0.597. The fraction of sp³-hybridized carbons (Fsp3) is 0.500. The van der Waals surface area contributed by atoms with Crippen molar-refractivity contribution in [1.29, 1.82) is 0 Å².